The van der Waals surface area contributed by atoms with Gasteiger partial charge in [0.2, 0.25) is 0 Å². The first-order valence-electron chi connectivity index (χ1n) is 7.87. The van der Waals surface area contributed by atoms with Gasteiger partial charge in [-0.15, -0.1) is 12.4 Å². The van der Waals surface area contributed by atoms with Crippen LogP contribution in [0.4, 0.5) is 0 Å². The molecule has 2 fully saturated rings. The Kier molecular flexibility index (Phi) is 6.86. The first kappa shape index (κ1) is 19.7. The molecule has 0 aliphatic carbocycles. The summed E-state index contributed by atoms with van der Waals surface area (Å²) in [5, 5.41) is 12.6. The maximum atomic E-state index is 12.5. The third-order valence-electron chi connectivity index (χ3n) is 4.14. The zero-order valence-electron chi connectivity index (χ0n) is 13.8. The maximum Gasteiger partial charge on any atom is 0.251 e. The van der Waals surface area contributed by atoms with Gasteiger partial charge in [0.25, 0.3) is 5.91 Å². The number of aliphatic hydroxyl groups is 1. The van der Waals surface area contributed by atoms with Crippen LogP contribution in [0.25, 0.3) is 0 Å². The van der Waals surface area contributed by atoms with Gasteiger partial charge in [-0.1, -0.05) is 0 Å². The van der Waals surface area contributed by atoms with E-state index in [0.29, 0.717) is 36.8 Å². The number of nitrogens with one attached hydrogen (secondary N) is 1. The molecule has 0 aromatic heterocycles. The van der Waals surface area contributed by atoms with Crippen LogP contribution in [0.5, 0.6) is 11.5 Å². The normalized spacial score (nSPS) is 27.3. The van der Waals surface area contributed by atoms with Crippen LogP contribution in [-0.4, -0.2) is 68.8 Å². The van der Waals surface area contributed by atoms with Gasteiger partial charge in [0.1, 0.15) is 24.9 Å². The lowest BCUT2D eigenvalue weighted by molar-refractivity contribution is 0.0178. The molecule has 140 valence electrons. The number of ether oxygens (including phenoxy) is 4. The molecule has 3 rings (SSSR count). The van der Waals surface area contributed by atoms with Gasteiger partial charge in [-0.25, -0.2) is 0 Å². The third kappa shape index (κ3) is 4.16. The number of hydrogen-bond acceptors (Lipinski definition) is 7. The fourth-order valence-corrected chi connectivity index (χ4v) is 2.95. The van der Waals surface area contributed by atoms with Gasteiger partial charge in [-0.3, -0.25) is 4.79 Å². The Hall–Kier alpha value is -1.58. The number of amides is 1. The minimum atomic E-state index is -0.643. The fraction of sp³-hybridized carbons (Fsp3) is 0.562. The summed E-state index contributed by atoms with van der Waals surface area (Å²) in [6.45, 7) is 1.29. The highest BCUT2D eigenvalue weighted by Gasteiger charge is 2.47. The lowest BCUT2D eigenvalue weighted by Crippen LogP contribution is -2.44. The number of carbonyl (C=O) groups is 1. The Labute approximate surface area is 152 Å². The van der Waals surface area contributed by atoms with E-state index in [0.717, 1.165) is 0 Å². The summed E-state index contributed by atoms with van der Waals surface area (Å²) in [5.41, 5.74) is 5.86. The van der Waals surface area contributed by atoms with Crippen LogP contribution in [0.15, 0.2) is 18.2 Å². The van der Waals surface area contributed by atoms with Crippen LogP contribution in [-0.2, 0) is 9.47 Å². The maximum absolute atomic E-state index is 12.5. The van der Waals surface area contributed by atoms with Crippen molar-refractivity contribution >= 4 is 18.3 Å². The molecule has 9 heteroatoms. The summed E-state index contributed by atoms with van der Waals surface area (Å²) < 4.78 is 21.7. The van der Waals surface area contributed by atoms with Gasteiger partial charge in [-0.2, -0.15) is 0 Å². The lowest BCUT2D eigenvalue weighted by Gasteiger charge is -2.18. The first-order chi connectivity index (χ1) is 11.6. The number of nitrogens with two attached hydrogens (primary N) is 1. The van der Waals surface area contributed by atoms with Gasteiger partial charge < -0.3 is 35.1 Å². The number of methoxy groups -OCH3 is 1. The molecule has 4 N–H and O–H groups in total. The van der Waals surface area contributed by atoms with E-state index in [2.05, 4.69) is 5.32 Å². The van der Waals surface area contributed by atoms with E-state index in [1.54, 1.807) is 18.2 Å². The van der Waals surface area contributed by atoms with Gasteiger partial charge >= 0.3 is 0 Å². The Morgan fingerprint density at radius 1 is 1.32 bits per heavy atom. The summed E-state index contributed by atoms with van der Waals surface area (Å²) in [6, 6.07) is 4.65. The molecule has 2 aliphatic heterocycles. The highest BCUT2D eigenvalue weighted by molar-refractivity contribution is 5.95. The van der Waals surface area contributed by atoms with Crippen molar-refractivity contribution in [3.63, 3.8) is 0 Å². The van der Waals surface area contributed by atoms with Crippen LogP contribution in [0.2, 0.25) is 0 Å². The van der Waals surface area contributed by atoms with Crippen molar-refractivity contribution in [1.29, 1.82) is 0 Å². The Balaban J connectivity index is 0.00000225. The molecule has 2 aliphatic rings. The second-order valence-corrected chi connectivity index (χ2v) is 5.75. The first-order valence-corrected chi connectivity index (χ1v) is 7.87. The van der Waals surface area contributed by atoms with Crippen LogP contribution >= 0.6 is 12.4 Å². The van der Waals surface area contributed by atoms with E-state index < -0.39 is 6.10 Å². The molecule has 4 atom stereocenters. The second kappa shape index (κ2) is 8.68. The molecular formula is C16H23ClN2O6. The standard InChI is InChI=1S/C16H22N2O6.ClH/c1-21-13-6-9(2-3-12(13)22-5-4-17)16(20)18-10-7-23-15-11(19)8-24-14(10)15;/h2-3,6,10-11,14-15,19H,4-5,7-8,17H2,1H3,(H,18,20);1H/t10-,11-,14-,15-;/m1./s1. The zero-order chi connectivity index (χ0) is 17.1. The summed E-state index contributed by atoms with van der Waals surface area (Å²) in [6.07, 6.45) is -1.34. The lowest BCUT2D eigenvalue weighted by atomic mass is 10.1. The zero-order valence-corrected chi connectivity index (χ0v) is 14.7. The Morgan fingerprint density at radius 3 is 2.80 bits per heavy atom. The smallest absolute Gasteiger partial charge is 0.251 e. The van der Waals surface area contributed by atoms with E-state index in [-0.39, 0.29) is 43.2 Å². The van der Waals surface area contributed by atoms with Gasteiger partial charge in [0.05, 0.1) is 26.4 Å². The predicted octanol–water partition coefficient (Wildman–Crippen LogP) is -0.289. The highest BCUT2D eigenvalue weighted by Crippen LogP contribution is 2.29. The van der Waals surface area contributed by atoms with E-state index in [9.17, 15) is 9.90 Å². The third-order valence-corrected chi connectivity index (χ3v) is 4.14. The topological polar surface area (TPSA) is 112 Å². The number of hydrogen-bond donors (Lipinski definition) is 3. The minimum absolute atomic E-state index is 0. The monoisotopic (exact) mass is 374 g/mol. The molecular weight excluding hydrogens is 352 g/mol. The molecule has 0 spiro atoms. The predicted molar refractivity (Wildman–Crippen MR) is 91.5 cm³/mol. The van der Waals surface area contributed by atoms with Crippen molar-refractivity contribution in [2.24, 2.45) is 5.73 Å². The molecule has 0 bridgehead atoms. The second-order valence-electron chi connectivity index (χ2n) is 5.75. The summed E-state index contributed by atoms with van der Waals surface area (Å²) in [4.78, 5) is 12.5. The molecule has 0 unspecified atom stereocenters. The quantitative estimate of drug-likeness (QED) is 0.627. The van der Waals surface area contributed by atoms with Crippen molar-refractivity contribution in [2.75, 3.05) is 33.5 Å². The SMILES string of the molecule is COc1cc(C(=O)N[C@@H]2CO[C@H]3[C@@H]2OC[C@H]3O)ccc1OCCN.Cl. The largest absolute Gasteiger partial charge is 0.493 e. The number of aliphatic hydroxyl groups excluding tert-OH is 1. The van der Waals surface area contributed by atoms with Gasteiger partial charge in [0, 0.05) is 12.1 Å². The molecule has 1 amide bonds. The molecule has 1 aromatic carbocycles. The molecule has 1 aromatic rings. The van der Waals surface area contributed by atoms with Crippen LogP contribution in [0.1, 0.15) is 10.4 Å². The molecule has 8 nitrogen and oxygen atoms in total. The molecule has 0 saturated carbocycles. The van der Waals surface area contributed by atoms with Crippen LogP contribution in [0.3, 0.4) is 0 Å². The molecule has 0 radical (unpaired) electrons. The minimum Gasteiger partial charge on any atom is -0.493 e. The van der Waals surface area contributed by atoms with Crippen molar-refractivity contribution in [3.8, 4) is 11.5 Å². The van der Waals surface area contributed by atoms with Crippen molar-refractivity contribution in [3.05, 3.63) is 23.8 Å². The van der Waals surface area contributed by atoms with Crippen molar-refractivity contribution in [1.82, 2.24) is 5.32 Å². The van der Waals surface area contributed by atoms with E-state index in [1.807, 2.05) is 0 Å². The molecule has 25 heavy (non-hydrogen) atoms. The van der Waals surface area contributed by atoms with Crippen LogP contribution in [0, 0.1) is 0 Å². The highest BCUT2D eigenvalue weighted by atomic mass is 35.5. The summed E-state index contributed by atoms with van der Waals surface area (Å²) in [7, 11) is 1.51. The molecule has 2 heterocycles. The van der Waals surface area contributed by atoms with Gasteiger partial charge in [0.15, 0.2) is 11.5 Å². The average molecular weight is 375 g/mol. The van der Waals surface area contributed by atoms with E-state index in [1.165, 1.54) is 7.11 Å². The number of rotatable bonds is 6. The van der Waals surface area contributed by atoms with E-state index in [4.69, 9.17) is 24.7 Å². The Morgan fingerprint density at radius 2 is 2.08 bits per heavy atom. The van der Waals surface area contributed by atoms with Crippen molar-refractivity contribution in [2.45, 2.75) is 24.4 Å². The number of carbonyl (C=O) groups excluding carboxylic acids is 1. The number of fused-ring (bicyclic) bond motifs is 1. The molecule has 2 saturated heterocycles. The average Bonchev–Trinajstić information content (AvgIpc) is 3.16. The Bertz CT molecular complexity index is 602. The van der Waals surface area contributed by atoms with Crippen molar-refractivity contribution < 1.29 is 28.8 Å². The van der Waals surface area contributed by atoms with Crippen LogP contribution < -0.4 is 20.5 Å². The number of benzene rings is 1. The fourth-order valence-electron chi connectivity index (χ4n) is 2.95. The summed E-state index contributed by atoms with van der Waals surface area (Å²) in [5.74, 6) is 0.730. The summed E-state index contributed by atoms with van der Waals surface area (Å²) >= 11 is 0. The van der Waals surface area contributed by atoms with E-state index >= 15 is 0 Å². The van der Waals surface area contributed by atoms with Gasteiger partial charge in [-0.05, 0) is 18.2 Å². The number of halogens is 1.